The summed E-state index contributed by atoms with van der Waals surface area (Å²) >= 11 is 12.5. The van der Waals surface area contributed by atoms with E-state index in [9.17, 15) is 4.79 Å². The zero-order valence-corrected chi connectivity index (χ0v) is 15.0. The Labute approximate surface area is 147 Å². The second-order valence-electron chi connectivity index (χ2n) is 5.83. The summed E-state index contributed by atoms with van der Waals surface area (Å²) in [6, 6.07) is 13.3. The molecule has 0 spiro atoms. The van der Waals surface area contributed by atoms with Gasteiger partial charge in [0.15, 0.2) is 0 Å². The van der Waals surface area contributed by atoms with Gasteiger partial charge >= 0.3 is 5.97 Å². The molecule has 0 N–H and O–H groups in total. The van der Waals surface area contributed by atoms with Crippen LogP contribution >= 0.6 is 23.2 Å². The Morgan fingerprint density at radius 3 is 2.30 bits per heavy atom. The number of esters is 1. The zero-order valence-electron chi connectivity index (χ0n) is 13.5. The molecule has 4 heteroatoms. The highest BCUT2D eigenvalue weighted by Gasteiger charge is 2.25. The fraction of sp³-hybridized carbons (Fsp3) is 0.316. The van der Waals surface area contributed by atoms with E-state index in [-0.39, 0.29) is 18.5 Å². The number of ether oxygens (including phenoxy) is 1. The minimum atomic E-state index is -0.470. The Bertz CT molecular complexity index is 681. The van der Waals surface area contributed by atoms with E-state index < -0.39 is 5.92 Å². The van der Waals surface area contributed by atoms with Crippen molar-refractivity contribution in [1.82, 2.24) is 0 Å². The van der Waals surface area contributed by atoms with Gasteiger partial charge in [-0.15, -0.1) is 0 Å². The van der Waals surface area contributed by atoms with E-state index in [1.165, 1.54) is 0 Å². The van der Waals surface area contributed by atoms with Crippen LogP contribution in [0.5, 0.6) is 0 Å². The van der Waals surface area contributed by atoms with Gasteiger partial charge in [0.05, 0.1) is 16.0 Å². The Kier molecular flexibility index (Phi) is 6.09. The first-order valence-corrected chi connectivity index (χ1v) is 8.35. The minimum absolute atomic E-state index is 0.240. The molecule has 0 bridgehead atoms. The monoisotopic (exact) mass is 350 g/mol. The number of rotatable bonds is 5. The summed E-state index contributed by atoms with van der Waals surface area (Å²) in [6.45, 7) is 6.17. The molecule has 0 saturated carbocycles. The lowest BCUT2D eigenvalue weighted by atomic mass is 9.89. The van der Waals surface area contributed by atoms with E-state index in [1.807, 2.05) is 36.4 Å². The second-order valence-corrected chi connectivity index (χ2v) is 6.62. The van der Waals surface area contributed by atoms with Crippen molar-refractivity contribution < 1.29 is 9.53 Å². The molecule has 0 aliphatic rings. The fourth-order valence-electron chi connectivity index (χ4n) is 2.50. The van der Waals surface area contributed by atoms with Crippen LogP contribution in [0.1, 0.15) is 49.3 Å². The molecule has 23 heavy (non-hydrogen) atoms. The van der Waals surface area contributed by atoms with E-state index in [2.05, 4.69) is 13.8 Å². The van der Waals surface area contributed by atoms with Gasteiger partial charge in [0.2, 0.25) is 0 Å². The van der Waals surface area contributed by atoms with Crippen molar-refractivity contribution in [3.05, 3.63) is 69.2 Å². The molecule has 2 nitrogen and oxygen atoms in total. The fourth-order valence-corrected chi connectivity index (χ4v) is 3.00. The Hall–Kier alpha value is -1.51. The quantitative estimate of drug-likeness (QED) is 0.621. The van der Waals surface area contributed by atoms with Crippen LogP contribution in [0.3, 0.4) is 0 Å². The average Bonchev–Trinajstić information content (AvgIpc) is 2.55. The van der Waals surface area contributed by atoms with Gasteiger partial charge in [-0.25, -0.2) is 0 Å². The highest BCUT2D eigenvalue weighted by Crippen LogP contribution is 2.37. The summed E-state index contributed by atoms with van der Waals surface area (Å²) in [4.78, 5) is 12.4. The van der Waals surface area contributed by atoms with Crippen molar-refractivity contribution in [3.8, 4) is 0 Å². The third-order valence-corrected chi connectivity index (χ3v) is 4.62. The van der Waals surface area contributed by atoms with Gasteiger partial charge in [0.25, 0.3) is 0 Å². The predicted molar refractivity (Wildman–Crippen MR) is 95.2 cm³/mol. The summed E-state index contributed by atoms with van der Waals surface area (Å²) in [7, 11) is 0. The minimum Gasteiger partial charge on any atom is -0.460 e. The first-order chi connectivity index (χ1) is 10.9. The summed E-state index contributed by atoms with van der Waals surface area (Å²) < 4.78 is 5.43. The highest BCUT2D eigenvalue weighted by molar-refractivity contribution is 6.42. The van der Waals surface area contributed by atoms with E-state index >= 15 is 0 Å². The number of carbonyl (C=O) groups is 1. The predicted octanol–water partition coefficient (Wildman–Crippen LogP) is 5.96. The van der Waals surface area contributed by atoms with Crippen molar-refractivity contribution >= 4 is 29.2 Å². The molecule has 122 valence electrons. The van der Waals surface area contributed by atoms with Crippen molar-refractivity contribution in [2.24, 2.45) is 0 Å². The first-order valence-electron chi connectivity index (χ1n) is 7.60. The lowest BCUT2D eigenvalue weighted by molar-refractivity contribution is -0.146. The third kappa shape index (κ3) is 4.27. The van der Waals surface area contributed by atoms with Crippen LogP contribution in [0.2, 0.25) is 10.0 Å². The summed E-state index contributed by atoms with van der Waals surface area (Å²) in [5, 5.41) is 0.885. The maximum Gasteiger partial charge on any atom is 0.313 e. The summed E-state index contributed by atoms with van der Waals surface area (Å²) in [6.07, 6.45) is 0. The molecule has 0 aliphatic heterocycles. The number of hydrogen-bond acceptors (Lipinski definition) is 2. The van der Waals surface area contributed by atoms with Gasteiger partial charge in [0, 0.05) is 0 Å². The topological polar surface area (TPSA) is 26.3 Å². The van der Waals surface area contributed by atoms with Gasteiger partial charge in [-0.05, 0) is 35.6 Å². The van der Waals surface area contributed by atoms with E-state index in [1.54, 1.807) is 13.0 Å². The van der Waals surface area contributed by atoms with Crippen molar-refractivity contribution in [2.75, 3.05) is 0 Å². The summed E-state index contributed by atoms with van der Waals surface area (Å²) in [5.74, 6) is -0.536. The molecule has 0 fully saturated rings. The van der Waals surface area contributed by atoms with Crippen LogP contribution in [0.25, 0.3) is 0 Å². The number of carbonyl (C=O) groups excluding carboxylic acids is 1. The Morgan fingerprint density at radius 2 is 1.70 bits per heavy atom. The standard InChI is InChI=1S/C19H20Cl2O2/c1-12(2)15-9-10-16(20)18(21)17(15)13(3)19(22)23-11-14-7-5-4-6-8-14/h4-10,12-13H,11H2,1-3H3. The Balaban J connectivity index is 2.20. The van der Waals surface area contributed by atoms with Crippen molar-refractivity contribution in [1.29, 1.82) is 0 Å². The van der Waals surface area contributed by atoms with Gasteiger partial charge in [-0.2, -0.15) is 0 Å². The number of halogens is 2. The van der Waals surface area contributed by atoms with Crippen molar-refractivity contribution in [3.63, 3.8) is 0 Å². The zero-order chi connectivity index (χ0) is 17.0. The van der Waals surface area contributed by atoms with E-state index in [0.717, 1.165) is 16.7 Å². The molecule has 0 saturated heterocycles. The number of hydrogen-bond donors (Lipinski definition) is 0. The maximum absolute atomic E-state index is 12.4. The lowest BCUT2D eigenvalue weighted by Crippen LogP contribution is -2.16. The van der Waals surface area contributed by atoms with Crippen LogP contribution in [0.15, 0.2) is 42.5 Å². The normalized spacial score (nSPS) is 12.3. The van der Waals surface area contributed by atoms with E-state index in [0.29, 0.717) is 10.0 Å². The molecule has 1 unspecified atom stereocenters. The molecule has 0 amide bonds. The second kappa shape index (κ2) is 7.85. The molecular weight excluding hydrogens is 331 g/mol. The van der Waals surface area contributed by atoms with Crippen LogP contribution in [-0.2, 0) is 16.1 Å². The largest absolute Gasteiger partial charge is 0.460 e. The molecule has 0 radical (unpaired) electrons. The number of benzene rings is 2. The van der Waals surface area contributed by atoms with Crippen LogP contribution in [0.4, 0.5) is 0 Å². The first kappa shape index (κ1) is 17.8. The SMILES string of the molecule is CC(C)c1ccc(Cl)c(Cl)c1C(C)C(=O)OCc1ccccc1. The molecule has 2 rings (SSSR count). The Morgan fingerprint density at radius 1 is 1.04 bits per heavy atom. The summed E-state index contributed by atoms with van der Waals surface area (Å²) in [5.41, 5.74) is 2.73. The molecule has 1 atom stereocenters. The van der Waals surface area contributed by atoms with Crippen LogP contribution in [-0.4, -0.2) is 5.97 Å². The molecule has 0 aromatic heterocycles. The molecule has 2 aromatic rings. The average molecular weight is 351 g/mol. The molecule has 0 aliphatic carbocycles. The maximum atomic E-state index is 12.4. The highest BCUT2D eigenvalue weighted by atomic mass is 35.5. The van der Waals surface area contributed by atoms with E-state index in [4.69, 9.17) is 27.9 Å². The molecule has 0 heterocycles. The van der Waals surface area contributed by atoms with Gasteiger partial charge in [0.1, 0.15) is 6.61 Å². The van der Waals surface area contributed by atoms with Gasteiger partial charge in [-0.3, -0.25) is 4.79 Å². The lowest BCUT2D eigenvalue weighted by Gasteiger charge is -2.20. The molecular formula is C19H20Cl2O2. The van der Waals surface area contributed by atoms with Crippen LogP contribution in [0, 0.1) is 0 Å². The molecule has 2 aromatic carbocycles. The third-order valence-electron chi connectivity index (χ3n) is 3.80. The van der Waals surface area contributed by atoms with Crippen LogP contribution < -0.4 is 0 Å². The van der Waals surface area contributed by atoms with Gasteiger partial charge < -0.3 is 4.74 Å². The van der Waals surface area contributed by atoms with Crippen molar-refractivity contribution in [2.45, 2.75) is 39.2 Å². The van der Waals surface area contributed by atoms with Gasteiger partial charge in [-0.1, -0.05) is 73.4 Å². The smallest absolute Gasteiger partial charge is 0.313 e.